The highest BCUT2D eigenvalue weighted by molar-refractivity contribution is 5.93. The first kappa shape index (κ1) is 25.5. The zero-order valence-electron chi connectivity index (χ0n) is 21.0. The summed E-state index contributed by atoms with van der Waals surface area (Å²) in [5.41, 5.74) is 6.76. The van der Waals surface area contributed by atoms with E-state index in [1.54, 1.807) is 4.90 Å². The Labute approximate surface area is 207 Å². The second kappa shape index (κ2) is 11.4. The number of aliphatic imine (C=N–C) groups is 1. The highest BCUT2D eigenvalue weighted by Gasteiger charge is 2.43. The number of hydrogen-bond donors (Lipinski definition) is 1. The van der Waals surface area contributed by atoms with Gasteiger partial charge in [-0.05, 0) is 67.6 Å². The molecule has 2 aliphatic heterocycles. The van der Waals surface area contributed by atoms with Crippen LogP contribution in [0.2, 0.25) is 0 Å². The predicted molar refractivity (Wildman–Crippen MR) is 134 cm³/mol. The number of ether oxygens (including phenoxy) is 1. The van der Waals surface area contributed by atoms with E-state index in [1.807, 2.05) is 43.0 Å². The topological polar surface area (TPSA) is 88.2 Å². The van der Waals surface area contributed by atoms with Crippen LogP contribution in [0.4, 0.5) is 9.18 Å². The molecule has 0 aromatic heterocycles. The van der Waals surface area contributed by atoms with Crippen molar-refractivity contribution >= 4 is 17.8 Å². The molecule has 3 aliphatic rings. The molecule has 2 unspecified atom stereocenters. The molecular formula is C27H39FN4O3. The van der Waals surface area contributed by atoms with E-state index in [-0.39, 0.29) is 24.4 Å². The van der Waals surface area contributed by atoms with Gasteiger partial charge in [0.2, 0.25) is 5.91 Å². The number of halogens is 1. The van der Waals surface area contributed by atoms with Crippen molar-refractivity contribution in [1.82, 2.24) is 9.80 Å². The number of benzene rings is 1. The molecule has 1 aromatic rings. The Balaban J connectivity index is 1.12. The normalized spacial score (nSPS) is 25.3. The van der Waals surface area contributed by atoms with E-state index in [0.717, 1.165) is 49.6 Å². The first-order valence-electron chi connectivity index (χ1n) is 13.1. The van der Waals surface area contributed by atoms with Crippen LogP contribution in [0.25, 0.3) is 0 Å². The number of amides is 3. The summed E-state index contributed by atoms with van der Waals surface area (Å²) >= 11 is 0. The second-order valence-corrected chi connectivity index (χ2v) is 10.6. The SMILES string of the molecule is CC(C)/C(N)=N/C(=O)N1CCC(C2CC2CCOc2ccc(CC(=O)N3CC[C@@H](F)C3)cc2)CC1. The van der Waals surface area contributed by atoms with E-state index in [4.69, 9.17) is 10.5 Å². The number of carbonyl (C=O) groups excluding carboxylic acids is 2. The molecule has 3 atom stereocenters. The molecule has 0 spiro atoms. The number of nitrogens with zero attached hydrogens (tertiary/aromatic N) is 3. The maximum absolute atomic E-state index is 13.3. The van der Waals surface area contributed by atoms with Crippen LogP contribution in [0.15, 0.2) is 29.3 Å². The third kappa shape index (κ3) is 6.95. The molecule has 0 radical (unpaired) electrons. The average molecular weight is 487 g/mol. The molecule has 3 amide bonds. The van der Waals surface area contributed by atoms with Gasteiger partial charge in [0.15, 0.2) is 0 Å². The fraction of sp³-hybridized carbons (Fsp3) is 0.667. The van der Waals surface area contributed by atoms with Crippen LogP contribution in [-0.2, 0) is 11.2 Å². The summed E-state index contributed by atoms with van der Waals surface area (Å²) in [6, 6.07) is 7.47. The second-order valence-electron chi connectivity index (χ2n) is 10.6. The molecule has 7 nitrogen and oxygen atoms in total. The lowest BCUT2D eigenvalue weighted by Gasteiger charge is -2.31. The highest BCUT2D eigenvalue weighted by atomic mass is 19.1. The van der Waals surface area contributed by atoms with Gasteiger partial charge in [0, 0.05) is 25.6 Å². The van der Waals surface area contributed by atoms with Gasteiger partial charge in [0.25, 0.3) is 0 Å². The zero-order valence-corrected chi connectivity index (χ0v) is 21.0. The summed E-state index contributed by atoms with van der Waals surface area (Å²) in [6.07, 6.45) is 4.23. The van der Waals surface area contributed by atoms with Gasteiger partial charge in [0.1, 0.15) is 17.8 Å². The Morgan fingerprint density at radius 2 is 1.80 bits per heavy atom. The largest absolute Gasteiger partial charge is 0.494 e. The number of likely N-dealkylation sites (tertiary alicyclic amines) is 2. The molecule has 35 heavy (non-hydrogen) atoms. The number of nitrogens with two attached hydrogens (primary N) is 1. The molecule has 0 bridgehead atoms. The molecule has 3 fully saturated rings. The fourth-order valence-electron chi connectivity index (χ4n) is 5.27. The molecule has 1 aromatic carbocycles. The third-order valence-corrected chi connectivity index (χ3v) is 7.73. The van der Waals surface area contributed by atoms with Gasteiger partial charge in [-0.15, -0.1) is 0 Å². The lowest BCUT2D eigenvalue weighted by atomic mass is 9.90. The number of alkyl halides is 1. The number of piperidine rings is 1. The Morgan fingerprint density at radius 3 is 2.43 bits per heavy atom. The van der Waals surface area contributed by atoms with Crippen molar-refractivity contribution in [2.45, 2.75) is 58.5 Å². The van der Waals surface area contributed by atoms with E-state index in [2.05, 4.69) is 4.99 Å². The fourth-order valence-corrected chi connectivity index (χ4v) is 5.27. The maximum atomic E-state index is 13.3. The van der Waals surface area contributed by atoms with Gasteiger partial charge < -0.3 is 20.3 Å². The summed E-state index contributed by atoms with van der Waals surface area (Å²) in [6.45, 7) is 6.83. The monoisotopic (exact) mass is 486 g/mol. The number of urea groups is 1. The van der Waals surface area contributed by atoms with Gasteiger partial charge in [-0.1, -0.05) is 26.0 Å². The Morgan fingerprint density at radius 1 is 1.11 bits per heavy atom. The van der Waals surface area contributed by atoms with Crippen molar-refractivity contribution in [2.75, 3.05) is 32.8 Å². The van der Waals surface area contributed by atoms with E-state index in [1.165, 1.54) is 6.42 Å². The number of carbonyl (C=O) groups is 2. The van der Waals surface area contributed by atoms with Gasteiger partial charge >= 0.3 is 6.03 Å². The first-order chi connectivity index (χ1) is 16.8. The standard InChI is InChI=1S/C27H39FN4O3/c1-18(2)26(29)30-27(34)31-11-7-20(8-12-31)24-16-21(24)10-14-35-23-5-3-19(4-6-23)15-25(33)32-13-9-22(28)17-32/h3-6,18,20-22,24H,7-17H2,1-2H3,(H2,29,30,34)/t21?,22-,24?/m1/s1. The Kier molecular flexibility index (Phi) is 8.29. The van der Waals surface area contributed by atoms with Gasteiger partial charge in [-0.2, -0.15) is 4.99 Å². The maximum Gasteiger partial charge on any atom is 0.345 e. The molecule has 2 heterocycles. The van der Waals surface area contributed by atoms with E-state index >= 15 is 0 Å². The Hall–Kier alpha value is -2.64. The summed E-state index contributed by atoms with van der Waals surface area (Å²) in [7, 11) is 0. The van der Waals surface area contributed by atoms with Crippen molar-refractivity contribution < 1.29 is 18.7 Å². The first-order valence-corrected chi connectivity index (χ1v) is 13.1. The van der Waals surface area contributed by atoms with Gasteiger partial charge in [0.05, 0.1) is 19.6 Å². The summed E-state index contributed by atoms with van der Waals surface area (Å²) in [5.74, 6) is 3.41. The minimum absolute atomic E-state index is 0.0128. The van der Waals surface area contributed by atoms with Gasteiger partial charge in [-0.3, -0.25) is 4.79 Å². The quantitative estimate of drug-likeness (QED) is 0.444. The van der Waals surface area contributed by atoms with Crippen molar-refractivity contribution in [3.05, 3.63) is 29.8 Å². The van der Waals surface area contributed by atoms with Crippen LogP contribution < -0.4 is 10.5 Å². The third-order valence-electron chi connectivity index (χ3n) is 7.73. The molecule has 2 N–H and O–H groups in total. The van der Waals surface area contributed by atoms with E-state index in [0.29, 0.717) is 43.7 Å². The molecule has 2 saturated heterocycles. The Bertz CT molecular complexity index is 912. The predicted octanol–water partition coefficient (Wildman–Crippen LogP) is 4.05. The summed E-state index contributed by atoms with van der Waals surface area (Å²) < 4.78 is 19.3. The van der Waals surface area contributed by atoms with E-state index < -0.39 is 6.17 Å². The molecule has 4 rings (SSSR count). The van der Waals surface area contributed by atoms with Crippen LogP contribution in [0.3, 0.4) is 0 Å². The average Bonchev–Trinajstić information content (AvgIpc) is 3.48. The molecular weight excluding hydrogens is 447 g/mol. The smallest absolute Gasteiger partial charge is 0.345 e. The van der Waals surface area contributed by atoms with Crippen LogP contribution in [-0.4, -0.2) is 66.5 Å². The number of amidine groups is 1. The number of hydrogen-bond acceptors (Lipinski definition) is 3. The molecule has 1 aliphatic carbocycles. The highest BCUT2D eigenvalue weighted by Crippen LogP contribution is 2.49. The van der Waals surface area contributed by atoms with Crippen molar-refractivity contribution in [2.24, 2.45) is 34.4 Å². The summed E-state index contributed by atoms with van der Waals surface area (Å²) in [4.78, 5) is 32.1. The lowest BCUT2D eigenvalue weighted by molar-refractivity contribution is -0.129. The lowest BCUT2D eigenvalue weighted by Crippen LogP contribution is -2.38. The van der Waals surface area contributed by atoms with Crippen LogP contribution >= 0.6 is 0 Å². The zero-order chi connectivity index (χ0) is 24.9. The minimum Gasteiger partial charge on any atom is -0.494 e. The van der Waals surface area contributed by atoms with E-state index in [9.17, 15) is 14.0 Å². The van der Waals surface area contributed by atoms with Crippen LogP contribution in [0.5, 0.6) is 5.75 Å². The van der Waals surface area contributed by atoms with Crippen molar-refractivity contribution in [3.8, 4) is 5.75 Å². The van der Waals surface area contributed by atoms with Gasteiger partial charge in [-0.25, -0.2) is 9.18 Å². The van der Waals surface area contributed by atoms with Crippen LogP contribution in [0.1, 0.15) is 51.5 Å². The summed E-state index contributed by atoms with van der Waals surface area (Å²) in [5, 5.41) is 0. The minimum atomic E-state index is -0.882. The molecule has 1 saturated carbocycles. The molecule has 192 valence electrons. The number of rotatable bonds is 8. The van der Waals surface area contributed by atoms with Crippen LogP contribution in [0, 0.1) is 23.7 Å². The van der Waals surface area contributed by atoms with Crippen molar-refractivity contribution in [3.63, 3.8) is 0 Å². The van der Waals surface area contributed by atoms with Crippen molar-refractivity contribution in [1.29, 1.82) is 0 Å². The molecule has 8 heteroatoms.